The standard InChI is InChI=1S/C16H13ClN4O/c17-14-7-6-12(11-4-2-1-3-5-11)8-13(14)16(22)18-9-15-19-10-20-21-15/h1-8,10H,9H2,(H,18,22)(H,19,20,21). The molecule has 22 heavy (non-hydrogen) atoms. The van der Waals surface area contributed by atoms with Gasteiger partial charge >= 0.3 is 0 Å². The lowest BCUT2D eigenvalue weighted by Gasteiger charge is -2.08. The second-order valence-electron chi connectivity index (χ2n) is 4.68. The summed E-state index contributed by atoms with van der Waals surface area (Å²) in [7, 11) is 0. The van der Waals surface area contributed by atoms with Gasteiger partial charge in [-0.25, -0.2) is 4.98 Å². The predicted octanol–water partition coefficient (Wildman–Crippen LogP) is 3.06. The first-order chi connectivity index (χ1) is 10.7. The summed E-state index contributed by atoms with van der Waals surface area (Å²) in [6.07, 6.45) is 1.39. The molecule has 0 aliphatic rings. The molecular weight excluding hydrogens is 300 g/mol. The highest BCUT2D eigenvalue weighted by Crippen LogP contribution is 2.25. The van der Waals surface area contributed by atoms with Gasteiger partial charge in [-0.1, -0.05) is 48.0 Å². The number of aromatic nitrogens is 3. The van der Waals surface area contributed by atoms with Gasteiger partial charge in [-0.05, 0) is 23.3 Å². The molecule has 0 saturated carbocycles. The molecule has 5 nitrogen and oxygen atoms in total. The van der Waals surface area contributed by atoms with Crippen LogP contribution < -0.4 is 5.32 Å². The number of rotatable bonds is 4. The third kappa shape index (κ3) is 3.15. The predicted molar refractivity (Wildman–Crippen MR) is 84.4 cm³/mol. The number of aromatic amines is 1. The number of amides is 1. The summed E-state index contributed by atoms with van der Waals surface area (Å²) in [4.78, 5) is 16.2. The first kappa shape index (κ1) is 14.3. The Bertz CT molecular complexity index is 772. The molecule has 3 rings (SSSR count). The Morgan fingerprint density at radius 1 is 1.14 bits per heavy atom. The van der Waals surface area contributed by atoms with Crippen molar-refractivity contribution < 1.29 is 4.79 Å². The van der Waals surface area contributed by atoms with Crippen LogP contribution in [0.3, 0.4) is 0 Å². The van der Waals surface area contributed by atoms with Gasteiger partial charge < -0.3 is 5.32 Å². The van der Waals surface area contributed by atoms with Gasteiger partial charge in [0.05, 0.1) is 17.1 Å². The average molecular weight is 313 g/mol. The van der Waals surface area contributed by atoms with Gasteiger partial charge in [-0.15, -0.1) is 0 Å². The Kier molecular flexibility index (Phi) is 4.16. The maximum atomic E-state index is 12.3. The molecular formula is C16H13ClN4O. The monoisotopic (exact) mass is 312 g/mol. The largest absolute Gasteiger partial charge is 0.345 e. The molecule has 0 spiro atoms. The number of hydrogen-bond donors (Lipinski definition) is 2. The van der Waals surface area contributed by atoms with Crippen LogP contribution in [0.5, 0.6) is 0 Å². The summed E-state index contributed by atoms with van der Waals surface area (Å²) in [5, 5.41) is 9.59. The van der Waals surface area contributed by atoms with Crippen molar-refractivity contribution in [3.8, 4) is 11.1 Å². The van der Waals surface area contributed by atoms with E-state index in [1.807, 2.05) is 36.4 Å². The molecule has 0 aliphatic heterocycles. The van der Waals surface area contributed by atoms with Crippen molar-refractivity contribution in [2.75, 3.05) is 0 Å². The first-order valence-corrected chi connectivity index (χ1v) is 7.09. The molecule has 3 aromatic rings. The Labute approximate surface area is 132 Å². The summed E-state index contributed by atoms with van der Waals surface area (Å²) in [6, 6.07) is 15.2. The van der Waals surface area contributed by atoms with Crippen LogP contribution >= 0.6 is 11.6 Å². The minimum atomic E-state index is -0.251. The zero-order valence-corrected chi connectivity index (χ0v) is 12.3. The van der Waals surface area contributed by atoms with Crippen LogP contribution in [0.2, 0.25) is 5.02 Å². The van der Waals surface area contributed by atoms with E-state index in [0.717, 1.165) is 11.1 Å². The third-order valence-electron chi connectivity index (χ3n) is 3.20. The Morgan fingerprint density at radius 3 is 2.68 bits per heavy atom. The Balaban J connectivity index is 1.82. The lowest BCUT2D eigenvalue weighted by atomic mass is 10.0. The molecule has 0 bridgehead atoms. The number of carbonyl (C=O) groups excluding carboxylic acids is 1. The van der Waals surface area contributed by atoms with Crippen molar-refractivity contribution in [3.05, 3.63) is 71.3 Å². The minimum Gasteiger partial charge on any atom is -0.345 e. The summed E-state index contributed by atoms with van der Waals surface area (Å²) in [6.45, 7) is 0.269. The fraction of sp³-hybridized carbons (Fsp3) is 0.0625. The van der Waals surface area contributed by atoms with E-state index in [9.17, 15) is 4.79 Å². The molecule has 1 amide bonds. The van der Waals surface area contributed by atoms with Crippen LogP contribution in [0, 0.1) is 0 Å². The van der Waals surface area contributed by atoms with Gasteiger partial charge in [0, 0.05) is 0 Å². The fourth-order valence-electron chi connectivity index (χ4n) is 2.08. The van der Waals surface area contributed by atoms with Crippen LogP contribution in [0.1, 0.15) is 16.2 Å². The zero-order chi connectivity index (χ0) is 15.4. The van der Waals surface area contributed by atoms with E-state index in [-0.39, 0.29) is 12.5 Å². The first-order valence-electron chi connectivity index (χ1n) is 6.71. The summed E-state index contributed by atoms with van der Waals surface area (Å²) in [5.41, 5.74) is 2.40. The average Bonchev–Trinajstić information content (AvgIpc) is 3.07. The summed E-state index contributed by atoms with van der Waals surface area (Å²) >= 11 is 6.14. The van der Waals surface area contributed by atoms with Crippen molar-refractivity contribution in [1.29, 1.82) is 0 Å². The van der Waals surface area contributed by atoms with Gasteiger partial charge in [-0.2, -0.15) is 5.10 Å². The van der Waals surface area contributed by atoms with Gasteiger partial charge in [-0.3, -0.25) is 9.89 Å². The van der Waals surface area contributed by atoms with Crippen molar-refractivity contribution in [2.45, 2.75) is 6.54 Å². The molecule has 0 aliphatic carbocycles. The van der Waals surface area contributed by atoms with E-state index in [1.165, 1.54) is 6.33 Å². The zero-order valence-electron chi connectivity index (χ0n) is 11.6. The van der Waals surface area contributed by atoms with E-state index < -0.39 is 0 Å². The summed E-state index contributed by atoms with van der Waals surface area (Å²) in [5.74, 6) is 0.336. The molecule has 1 heterocycles. The van der Waals surface area contributed by atoms with E-state index in [1.54, 1.807) is 12.1 Å². The Morgan fingerprint density at radius 2 is 1.95 bits per heavy atom. The maximum absolute atomic E-state index is 12.3. The van der Waals surface area contributed by atoms with Crippen molar-refractivity contribution >= 4 is 17.5 Å². The minimum absolute atomic E-state index is 0.251. The number of nitrogens with zero attached hydrogens (tertiary/aromatic N) is 2. The number of hydrogen-bond acceptors (Lipinski definition) is 3. The topological polar surface area (TPSA) is 70.7 Å². The lowest BCUT2D eigenvalue weighted by Crippen LogP contribution is -2.23. The second kappa shape index (κ2) is 6.41. The molecule has 1 aromatic heterocycles. The van der Waals surface area contributed by atoms with Gasteiger partial charge in [0.25, 0.3) is 5.91 Å². The molecule has 2 aromatic carbocycles. The number of halogens is 1. The smallest absolute Gasteiger partial charge is 0.253 e. The molecule has 110 valence electrons. The van der Waals surface area contributed by atoms with Gasteiger partial charge in [0.15, 0.2) is 0 Å². The highest BCUT2D eigenvalue weighted by molar-refractivity contribution is 6.34. The van der Waals surface area contributed by atoms with Crippen LogP contribution in [0.15, 0.2) is 54.9 Å². The molecule has 0 atom stereocenters. The molecule has 6 heteroatoms. The van der Waals surface area contributed by atoms with Gasteiger partial charge in [0.1, 0.15) is 12.2 Å². The van der Waals surface area contributed by atoms with E-state index in [2.05, 4.69) is 20.5 Å². The normalized spacial score (nSPS) is 10.4. The number of benzene rings is 2. The van der Waals surface area contributed by atoms with Crippen molar-refractivity contribution in [3.63, 3.8) is 0 Å². The maximum Gasteiger partial charge on any atom is 0.253 e. The quantitative estimate of drug-likeness (QED) is 0.778. The highest BCUT2D eigenvalue weighted by Gasteiger charge is 2.12. The second-order valence-corrected chi connectivity index (χ2v) is 5.08. The number of H-pyrrole nitrogens is 1. The van der Waals surface area contributed by atoms with Crippen LogP contribution in [0.4, 0.5) is 0 Å². The lowest BCUT2D eigenvalue weighted by molar-refractivity contribution is 0.0950. The number of carbonyl (C=O) groups is 1. The molecule has 0 unspecified atom stereocenters. The van der Waals surface area contributed by atoms with E-state index in [0.29, 0.717) is 16.4 Å². The number of nitrogens with one attached hydrogen (secondary N) is 2. The third-order valence-corrected chi connectivity index (χ3v) is 3.53. The fourth-order valence-corrected chi connectivity index (χ4v) is 2.29. The van der Waals surface area contributed by atoms with E-state index >= 15 is 0 Å². The van der Waals surface area contributed by atoms with Crippen LogP contribution in [-0.4, -0.2) is 21.1 Å². The highest BCUT2D eigenvalue weighted by atomic mass is 35.5. The SMILES string of the molecule is O=C(NCc1ncn[nH]1)c1cc(-c2ccccc2)ccc1Cl. The van der Waals surface area contributed by atoms with Crippen molar-refractivity contribution in [2.24, 2.45) is 0 Å². The van der Waals surface area contributed by atoms with Crippen LogP contribution in [0.25, 0.3) is 11.1 Å². The Hall–Kier alpha value is -2.66. The molecule has 0 saturated heterocycles. The van der Waals surface area contributed by atoms with Crippen LogP contribution in [-0.2, 0) is 6.54 Å². The molecule has 2 N–H and O–H groups in total. The molecule has 0 radical (unpaired) electrons. The van der Waals surface area contributed by atoms with Crippen molar-refractivity contribution in [1.82, 2.24) is 20.5 Å². The van der Waals surface area contributed by atoms with E-state index in [4.69, 9.17) is 11.6 Å². The molecule has 0 fully saturated rings. The summed E-state index contributed by atoms with van der Waals surface area (Å²) < 4.78 is 0. The van der Waals surface area contributed by atoms with Gasteiger partial charge in [0.2, 0.25) is 0 Å².